The number of rotatable bonds is 6. The van der Waals surface area contributed by atoms with Gasteiger partial charge in [0, 0.05) is 19.2 Å². The fourth-order valence-electron chi connectivity index (χ4n) is 1.08. The maximum Gasteiger partial charge on any atom is 0.0750 e. The molecule has 0 fully saturated rings. The first-order valence-electron chi connectivity index (χ1n) is 5.26. The van der Waals surface area contributed by atoms with Crippen molar-refractivity contribution in [2.45, 2.75) is 53.2 Å². The second-order valence-corrected chi connectivity index (χ2v) is 4.61. The van der Waals surface area contributed by atoms with Gasteiger partial charge >= 0.3 is 0 Å². The van der Waals surface area contributed by atoms with Crippen LogP contribution in [0.15, 0.2) is 0 Å². The molecular weight excluding hydrogens is 162 g/mol. The summed E-state index contributed by atoms with van der Waals surface area (Å²) in [5, 5.41) is 3.48. The molecule has 1 atom stereocenters. The highest BCUT2D eigenvalue weighted by Crippen LogP contribution is 2.08. The first-order valence-corrected chi connectivity index (χ1v) is 5.26. The smallest absolute Gasteiger partial charge is 0.0750 e. The summed E-state index contributed by atoms with van der Waals surface area (Å²) in [4.78, 5) is 0. The van der Waals surface area contributed by atoms with E-state index in [1.807, 2.05) is 6.92 Å². The molecule has 1 unspecified atom stereocenters. The second kappa shape index (κ2) is 5.61. The van der Waals surface area contributed by atoms with Crippen LogP contribution in [0, 0.1) is 5.92 Å². The molecule has 0 spiro atoms. The van der Waals surface area contributed by atoms with Gasteiger partial charge in [0.2, 0.25) is 0 Å². The standard InChI is InChI=1S/C11H25NO/c1-7-13-11(5,6)8-12-10(4)9(2)3/h9-10,12H,7-8H2,1-6H3. The molecule has 0 heterocycles. The lowest BCUT2D eigenvalue weighted by Crippen LogP contribution is -2.43. The van der Waals surface area contributed by atoms with E-state index in [1.165, 1.54) is 0 Å². The van der Waals surface area contributed by atoms with Crippen molar-refractivity contribution in [1.82, 2.24) is 5.32 Å². The van der Waals surface area contributed by atoms with Crippen LogP contribution < -0.4 is 5.32 Å². The van der Waals surface area contributed by atoms with E-state index in [2.05, 4.69) is 39.9 Å². The van der Waals surface area contributed by atoms with Crippen LogP contribution in [-0.4, -0.2) is 24.8 Å². The van der Waals surface area contributed by atoms with Gasteiger partial charge in [-0.15, -0.1) is 0 Å². The lowest BCUT2D eigenvalue weighted by Gasteiger charge is -2.28. The highest BCUT2D eigenvalue weighted by molar-refractivity contribution is 4.75. The first kappa shape index (κ1) is 12.9. The van der Waals surface area contributed by atoms with Gasteiger partial charge in [0.05, 0.1) is 5.60 Å². The Kier molecular flexibility index (Phi) is 5.57. The van der Waals surface area contributed by atoms with Gasteiger partial charge in [-0.3, -0.25) is 0 Å². The van der Waals surface area contributed by atoms with Gasteiger partial charge in [-0.25, -0.2) is 0 Å². The van der Waals surface area contributed by atoms with Crippen LogP contribution in [0.25, 0.3) is 0 Å². The second-order valence-electron chi connectivity index (χ2n) is 4.61. The summed E-state index contributed by atoms with van der Waals surface area (Å²) in [6.45, 7) is 14.6. The zero-order valence-corrected chi connectivity index (χ0v) is 9.98. The highest BCUT2D eigenvalue weighted by Gasteiger charge is 2.18. The summed E-state index contributed by atoms with van der Waals surface area (Å²) in [6, 6.07) is 0.555. The summed E-state index contributed by atoms with van der Waals surface area (Å²) in [5.74, 6) is 0.678. The average molecular weight is 187 g/mol. The minimum Gasteiger partial charge on any atom is -0.375 e. The summed E-state index contributed by atoms with van der Waals surface area (Å²) in [6.07, 6.45) is 0. The van der Waals surface area contributed by atoms with Crippen LogP contribution >= 0.6 is 0 Å². The molecular formula is C11H25NO. The number of nitrogens with one attached hydrogen (secondary N) is 1. The Labute approximate surface area is 83.1 Å². The van der Waals surface area contributed by atoms with E-state index in [9.17, 15) is 0 Å². The van der Waals surface area contributed by atoms with Gasteiger partial charge in [0.25, 0.3) is 0 Å². The molecule has 0 aromatic heterocycles. The van der Waals surface area contributed by atoms with Crippen molar-refractivity contribution >= 4 is 0 Å². The summed E-state index contributed by atoms with van der Waals surface area (Å²) in [5.41, 5.74) is -0.0437. The molecule has 0 bridgehead atoms. The summed E-state index contributed by atoms with van der Waals surface area (Å²) >= 11 is 0. The molecule has 0 amide bonds. The minimum absolute atomic E-state index is 0.0437. The van der Waals surface area contributed by atoms with Crippen molar-refractivity contribution in [1.29, 1.82) is 0 Å². The molecule has 0 saturated carbocycles. The Balaban J connectivity index is 3.73. The lowest BCUT2D eigenvalue weighted by atomic mass is 10.0. The molecule has 0 saturated heterocycles. The predicted octanol–water partition coefficient (Wildman–Crippen LogP) is 2.44. The van der Waals surface area contributed by atoms with Gasteiger partial charge < -0.3 is 10.1 Å². The maximum atomic E-state index is 5.60. The van der Waals surface area contributed by atoms with E-state index >= 15 is 0 Å². The van der Waals surface area contributed by atoms with Gasteiger partial charge in [-0.1, -0.05) is 13.8 Å². The van der Waals surface area contributed by atoms with Gasteiger partial charge in [-0.05, 0) is 33.6 Å². The van der Waals surface area contributed by atoms with Gasteiger partial charge in [-0.2, -0.15) is 0 Å². The number of ether oxygens (including phenoxy) is 1. The van der Waals surface area contributed by atoms with Crippen molar-refractivity contribution in [3.05, 3.63) is 0 Å². The molecule has 80 valence electrons. The quantitative estimate of drug-likeness (QED) is 0.689. The monoisotopic (exact) mass is 187 g/mol. The zero-order valence-electron chi connectivity index (χ0n) is 9.98. The molecule has 13 heavy (non-hydrogen) atoms. The SMILES string of the molecule is CCOC(C)(C)CNC(C)C(C)C. The van der Waals surface area contributed by atoms with E-state index in [0.29, 0.717) is 12.0 Å². The van der Waals surface area contributed by atoms with E-state index < -0.39 is 0 Å². The Morgan fingerprint density at radius 3 is 2.15 bits per heavy atom. The average Bonchev–Trinajstić information content (AvgIpc) is 2.00. The van der Waals surface area contributed by atoms with Crippen molar-refractivity contribution in [3.8, 4) is 0 Å². The van der Waals surface area contributed by atoms with Crippen LogP contribution in [-0.2, 0) is 4.74 Å². The molecule has 0 aromatic carbocycles. The highest BCUT2D eigenvalue weighted by atomic mass is 16.5. The van der Waals surface area contributed by atoms with Crippen LogP contribution in [0.1, 0.15) is 41.5 Å². The van der Waals surface area contributed by atoms with Gasteiger partial charge in [0.1, 0.15) is 0 Å². The molecule has 2 nitrogen and oxygen atoms in total. The molecule has 0 aromatic rings. The third-order valence-electron chi connectivity index (χ3n) is 2.38. The molecule has 0 rings (SSSR count). The molecule has 0 aliphatic heterocycles. The predicted molar refractivity (Wildman–Crippen MR) is 58.0 cm³/mol. The van der Waals surface area contributed by atoms with E-state index in [-0.39, 0.29) is 5.60 Å². The number of hydrogen-bond donors (Lipinski definition) is 1. The third kappa shape index (κ3) is 6.05. The van der Waals surface area contributed by atoms with Crippen LogP contribution in [0.5, 0.6) is 0 Å². The fourth-order valence-corrected chi connectivity index (χ4v) is 1.08. The van der Waals surface area contributed by atoms with Crippen LogP contribution in [0.2, 0.25) is 0 Å². The zero-order chi connectivity index (χ0) is 10.5. The largest absolute Gasteiger partial charge is 0.375 e. The Hall–Kier alpha value is -0.0800. The normalized spacial score (nSPS) is 15.0. The van der Waals surface area contributed by atoms with E-state index in [1.54, 1.807) is 0 Å². The van der Waals surface area contributed by atoms with Crippen molar-refractivity contribution < 1.29 is 4.74 Å². The van der Waals surface area contributed by atoms with Crippen molar-refractivity contribution in [3.63, 3.8) is 0 Å². The van der Waals surface area contributed by atoms with Crippen LogP contribution in [0.4, 0.5) is 0 Å². The topological polar surface area (TPSA) is 21.3 Å². The lowest BCUT2D eigenvalue weighted by molar-refractivity contribution is -0.0111. The minimum atomic E-state index is -0.0437. The third-order valence-corrected chi connectivity index (χ3v) is 2.38. The molecule has 0 aliphatic rings. The van der Waals surface area contributed by atoms with E-state index in [4.69, 9.17) is 4.74 Å². The van der Waals surface area contributed by atoms with Crippen molar-refractivity contribution in [2.24, 2.45) is 5.92 Å². The fraction of sp³-hybridized carbons (Fsp3) is 1.00. The Morgan fingerprint density at radius 2 is 1.77 bits per heavy atom. The van der Waals surface area contributed by atoms with Crippen LogP contribution in [0.3, 0.4) is 0 Å². The maximum absolute atomic E-state index is 5.60. The first-order chi connectivity index (χ1) is 5.89. The molecule has 0 aliphatic carbocycles. The van der Waals surface area contributed by atoms with Crippen molar-refractivity contribution in [2.75, 3.05) is 13.2 Å². The Bertz CT molecular complexity index is 132. The van der Waals surface area contributed by atoms with Gasteiger partial charge in [0.15, 0.2) is 0 Å². The molecule has 1 N–H and O–H groups in total. The molecule has 2 heteroatoms. The van der Waals surface area contributed by atoms with E-state index in [0.717, 1.165) is 13.2 Å². The number of hydrogen-bond acceptors (Lipinski definition) is 2. The molecule has 0 radical (unpaired) electrons. The summed E-state index contributed by atoms with van der Waals surface area (Å²) in [7, 11) is 0. The summed E-state index contributed by atoms with van der Waals surface area (Å²) < 4.78 is 5.60. The Morgan fingerprint density at radius 1 is 1.23 bits per heavy atom.